The van der Waals surface area contributed by atoms with Gasteiger partial charge in [-0.2, -0.15) is 0 Å². The minimum atomic E-state index is -0.297. The Bertz CT molecular complexity index is 810. The molecule has 0 saturated heterocycles. The predicted octanol–water partition coefficient (Wildman–Crippen LogP) is 2.61. The lowest BCUT2D eigenvalue weighted by Crippen LogP contribution is -2.10. The molecule has 3 rings (SSSR count). The first-order valence-electron chi connectivity index (χ1n) is 7.67. The van der Waals surface area contributed by atoms with Crippen LogP contribution in [-0.4, -0.2) is 21.1 Å². The van der Waals surface area contributed by atoms with Gasteiger partial charge >= 0.3 is 0 Å². The Morgan fingerprint density at radius 1 is 1.39 bits per heavy atom. The zero-order valence-electron chi connectivity index (χ0n) is 13.3. The van der Waals surface area contributed by atoms with Crippen LogP contribution in [0, 0.1) is 12.7 Å². The molecule has 7 heteroatoms. The van der Waals surface area contributed by atoms with Gasteiger partial charge in [0.15, 0.2) is 5.82 Å². The van der Waals surface area contributed by atoms with Crippen molar-refractivity contribution in [3.05, 3.63) is 41.5 Å². The maximum absolute atomic E-state index is 14.9. The first-order chi connectivity index (χ1) is 11.2. The monoisotopic (exact) mass is 317 g/mol. The fraction of sp³-hybridized carbons (Fsp3) is 0.375. The average Bonchev–Trinajstić information content (AvgIpc) is 3.13. The van der Waals surface area contributed by atoms with Crippen molar-refractivity contribution in [3.63, 3.8) is 0 Å². The molecular formula is C16H20FN5O. The number of halogens is 1. The Hall–Kier alpha value is -2.41. The molecule has 0 bridgehead atoms. The van der Waals surface area contributed by atoms with E-state index < -0.39 is 0 Å². The Labute approximate surface area is 133 Å². The summed E-state index contributed by atoms with van der Waals surface area (Å²) in [4.78, 5) is 8.79. The molecule has 0 spiro atoms. The Kier molecular flexibility index (Phi) is 4.29. The van der Waals surface area contributed by atoms with Gasteiger partial charge in [0.2, 0.25) is 0 Å². The Balaban J connectivity index is 2.09. The first-order valence-corrected chi connectivity index (χ1v) is 7.67. The molecule has 0 amide bonds. The van der Waals surface area contributed by atoms with Crippen LogP contribution in [0.2, 0.25) is 0 Å². The number of hydrogen-bond donors (Lipinski definition) is 2. The SMILES string of the molecule is CCn1c(CCN)c(F)c2c(NCc3ccco3)nc(C)nc21. The van der Waals surface area contributed by atoms with Gasteiger partial charge in [-0.1, -0.05) is 0 Å². The number of rotatable bonds is 6. The summed E-state index contributed by atoms with van der Waals surface area (Å²) in [5.41, 5.74) is 6.80. The summed E-state index contributed by atoms with van der Waals surface area (Å²) in [5.74, 6) is 1.53. The second kappa shape index (κ2) is 6.37. The third kappa shape index (κ3) is 2.79. The van der Waals surface area contributed by atoms with Crippen LogP contribution in [-0.2, 0) is 19.5 Å². The number of aryl methyl sites for hydroxylation is 2. The van der Waals surface area contributed by atoms with Crippen molar-refractivity contribution in [1.82, 2.24) is 14.5 Å². The highest BCUT2D eigenvalue weighted by Crippen LogP contribution is 2.29. The fourth-order valence-corrected chi connectivity index (χ4v) is 2.78. The summed E-state index contributed by atoms with van der Waals surface area (Å²) in [6.45, 7) is 5.21. The number of aromatic nitrogens is 3. The molecule has 0 aromatic carbocycles. The van der Waals surface area contributed by atoms with E-state index in [-0.39, 0.29) is 5.82 Å². The summed E-state index contributed by atoms with van der Waals surface area (Å²) >= 11 is 0. The zero-order chi connectivity index (χ0) is 16.4. The second-order valence-corrected chi connectivity index (χ2v) is 5.29. The van der Waals surface area contributed by atoms with Gasteiger partial charge in [0, 0.05) is 13.0 Å². The predicted molar refractivity (Wildman–Crippen MR) is 86.7 cm³/mol. The Morgan fingerprint density at radius 3 is 2.87 bits per heavy atom. The lowest BCUT2D eigenvalue weighted by molar-refractivity contribution is 0.518. The van der Waals surface area contributed by atoms with Crippen LogP contribution >= 0.6 is 0 Å². The summed E-state index contributed by atoms with van der Waals surface area (Å²) in [5, 5.41) is 3.56. The molecule has 3 aromatic heterocycles. The quantitative estimate of drug-likeness (QED) is 0.730. The molecule has 0 radical (unpaired) electrons. The summed E-state index contributed by atoms with van der Waals surface area (Å²) in [6.07, 6.45) is 2.07. The van der Waals surface area contributed by atoms with Crippen molar-refractivity contribution >= 4 is 16.9 Å². The second-order valence-electron chi connectivity index (χ2n) is 5.29. The number of furan rings is 1. The molecule has 122 valence electrons. The van der Waals surface area contributed by atoms with Crippen molar-refractivity contribution < 1.29 is 8.81 Å². The number of nitrogens with zero attached hydrogens (tertiary/aromatic N) is 3. The van der Waals surface area contributed by atoms with Crippen molar-refractivity contribution in [1.29, 1.82) is 0 Å². The van der Waals surface area contributed by atoms with Crippen LogP contribution < -0.4 is 11.1 Å². The minimum absolute atomic E-state index is 0.297. The van der Waals surface area contributed by atoms with Gasteiger partial charge in [0.25, 0.3) is 0 Å². The van der Waals surface area contributed by atoms with Crippen LogP contribution in [0.5, 0.6) is 0 Å². The third-order valence-electron chi connectivity index (χ3n) is 3.76. The van der Waals surface area contributed by atoms with Gasteiger partial charge in [0.1, 0.15) is 23.0 Å². The van der Waals surface area contributed by atoms with E-state index in [2.05, 4.69) is 15.3 Å². The minimum Gasteiger partial charge on any atom is -0.467 e. The first kappa shape index (κ1) is 15.5. The highest BCUT2D eigenvalue weighted by Gasteiger charge is 2.21. The standard InChI is InChI=1S/C16H20FN5O/c1-3-22-12(6-7-18)14(17)13-15(20-10(2)21-16(13)22)19-9-11-5-4-8-23-11/h4-5,8H,3,6-7,9,18H2,1-2H3,(H,19,20,21). The lowest BCUT2D eigenvalue weighted by atomic mass is 10.2. The van der Waals surface area contributed by atoms with Crippen LogP contribution in [0.3, 0.4) is 0 Å². The van der Waals surface area contributed by atoms with Crippen LogP contribution in [0.15, 0.2) is 22.8 Å². The maximum Gasteiger partial charge on any atom is 0.157 e. The van der Waals surface area contributed by atoms with Crippen LogP contribution in [0.1, 0.15) is 24.2 Å². The van der Waals surface area contributed by atoms with E-state index in [9.17, 15) is 4.39 Å². The topological polar surface area (TPSA) is 81.9 Å². The third-order valence-corrected chi connectivity index (χ3v) is 3.76. The highest BCUT2D eigenvalue weighted by molar-refractivity contribution is 5.89. The number of hydrogen-bond acceptors (Lipinski definition) is 5. The molecule has 0 aliphatic carbocycles. The largest absolute Gasteiger partial charge is 0.467 e. The number of nitrogens with two attached hydrogens (primary N) is 1. The molecule has 3 aromatic rings. The van der Waals surface area contributed by atoms with E-state index in [1.165, 1.54) is 0 Å². The van der Waals surface area contributed by atoms with E-state index in [4.69, 9.17) is 10.2 Å². The van der Waals surface area contributed by atoms with Gasteiger partial charge in [-0.3, -0.25) is 0 Å². The molecule has 3 heterocycles. The molecule has 0 fully saturated rings. The van der Waals surface area contributed by atoms with Gasteiger partial charge in [-0.25, -0.2) is 14.4 Å². The van der Waals surface area contributed by atoms with Gasteiger partial charge in [-0.05, 0) is 32.5 Å². The van der Waals surface area contributed by atoms with E-state index in [1.807, 2.05) is 23.6 Å². The molecule has 0 unspecified atom stereocenters. The van der Waals surface area contributed by atoms with Gasteiger partial charge in [0.05, 0.1) is 23.9 Å². The molecule has 0 aliphatic heterocycles. The normalized spacial score (nSPS) is 11.3. The van der Waals surface area contributed by atoms with Crippen molar-refractivity contribution in [2.24, 2.45) is 5.73 Å². The zero-order valence-corrected chi connectivity index (χ0v) is 13.3. The van der Waals surface area contributed by atoms with Crippen molar-refractivity contribution in [2.75, 3.05) is 11.9 Å². The molecule has 0 aliphatic rings. The van der Waals surface area contributed by atoms with Crippen molar-refractivity contribution in [2.45, 2.75) is 33.4 Å². The summed E-state index contributed by atoms with van der Waals surface area (Å²) in [6, 6.07) is 3.66. The fourth-order valence-electron chi connectivity index (χ4n) is 2.78. The average molecular weight is 317 g/mol. The lowest BCUT2D eigenvalue weighted by Gasteiger charge is -2.08. The number of anilines is 1. The molecule has 0 atom stereocenters. The Morgan fingerprint density at radius 2 is 2.22 bits per heavy atom. The van der Waals surface area contributed by atoms with E-state index >= 15 is 0 Å². The smallest absolute Gasteiger partial charge is 0.157 e. The van der Waals surface area contributed by atoms with Crippen molar-refractivity contribution in [3.8, 4) is 0 Å². The van der Waals surface area contributed by atoms with Gasteiger partial charge in [-0.15, -0.1) is 0 Å². The maximum atomic E-state index is 14.9. The molecule has 0 saturated carbocycles. The van der Waals surface area contributed by atoms with Crippen LogP contribution in [0.25, 0.3) is 11.0 Å². The molecular weight excluding hydrogens is 297 g/mol. The van der Waals surface area contributed by atoms with E-state index in [1.54, 1.807) is 13.2 Å². The molecule has 6 nitrogen and oxygen atoms in total. The summed E-state index contributed by atoms with van der Waals surface area (Å²) < 4.78 is 22.1. The van der Waals surface area contributed by atoms with E-state index in [0.29, 0.717) is 54.4 Å². The number of nitrogens with one attached hydrogen (secondary N) is 1. The number of fused-ring (bicyclic) bond motifs is 1. The highest BCUT2D eigenvalue weighted by atomic mass is 19.1. The summed E-state index contributed by atoms with van der Waals surface area (Å²) in [7, 11) is 0. The van der Waals surface area contributed by atoms with Gasteiger partial charge < -0.3 is 20.0 Å². The molecule has 3 N–H and O–H groups in total. The van der Waals surface area contributed by atoms with Crippen LogP contribution in [0.4, 0.5) is 10.2 Å². The van der Waals surface area contributed by atoms with E-state index in [0.717, 1.165) is 5.76 Å². The molecule has 23 heavy (non-hydrogen) atoms.